The minimum absolute atomic E-state index is 0. The molecule has 6 nitrogen and oxygen atoms in total. The van der Waals surface area contributed by atoms with E-state index in [1.807, 2.05) is 30.3 Å². The molecule has 1 aliphatic carbocycles. The van der Waals surface area contributed by atoms with Crippen molar-refractivity contribution in [3.8, 4) is 0 Å². The Morgan fingerprint density at radius 2 is 1.90 bits per heavy atom. The van der Waals surface area contributed by atoms with E-state index >= 15 is 0 Å². The number of nitrogens with zero attached hydrogens (tertiary/aromatic N) is 2. The largest absolute Gasteiger partial charge is 0.370 e. The van der Waals surface area contributed by atoms with Gasteiger partial charge in [-0.05, 0) is 67.0 Å². The summed E-state index contributed by atoms with van der Waals surface area (Å²) >= 11 is 0. The summed E-state index contributed by atoms with van der Waals surface area (Å²) < 4.78 is 25.7. The third-order valence-corrected chi connectivity index (χ3v) is 7.26. The van der Waals surface area contributed by atoms with E-state index in [9.17, 15) is 8.42 Å². The first-order chi connectivity index (χ1) is 13.5. The Bertz CT molecular complexity index is 1010. The molecule has 2 aromatic rings. The van der Waals surface area contributed by atoms with Gasteiger partial charge < -0.3 is 11.1 Å². The number of aryl methyl sites for hydroxylation is 1. The molecule has 1 aliphatic heterocycles. The van der Waals surface area contributed by atoms with Crippen LogP contribution in [0, 0.1) is 0 Å². The molecule has 0 saturated carbocycles. The van der Waals surface area contributed by atoms with E-state index in [1.165, 1.54) is 28.3 Å². The maximum Gasteiger partial charge on any atom is 0.235 e. The average Bonchev–Trinajstić information content (AvgIpc) is 3.06. The number of nitrogens with two attached hydrogens (primary N) is 1. The quantitative estimate of drug-likeness (QED) is 0.362. The second-order valence-corrected chi connectivity index (χ2v) is 9.40. The van der Waals surface area contributed by atoms with Crippen molar-refractivity contribution in [3.63, 3.8) is 0 Å². The molecule has 156 valence electrons. The van der Waals surface area contributed by atoms with Crippen molar-refractivity contribution in [2.24, 2.45) is 10.7 Å². The summed E-state index contributed by atoms with van der Waals surface area (Å²) in [5, 5.41) is 3.24. The Hall–Kier alpha value is -1.81. The Morgan fingerprint density at radius 1 is 1.10 bits per heavy atom. The summed E-state index contributed by atoms with van der Waals surface area (Å²) in [5.41, 5.74) is 11.5. The van der Waals surface area contributed by atoms with Gasteiger partial charge in [0.15, 0.2) is 5.96 Å². The van der Waals surface area contributed by atoms with Crippen LogP contribution in [-0.4, -0.2) is 26.7 Å². The summed E-state index contributed by atoms with van der Waals surface area (Å²) in [5.74, 6) is 0.589. The molecule has 8 heteroatoms. The zero-order chi connectivity index (χ0) is 19.6. The van der Waals surface area contributed by atoms with Crippen LogP contribution in [0.25, 0.3) is 0 Å². The van der Waals surface area contributed by atoms with E-state index in [2.05, 4.69) is 22.4 Å². The first kappa shape index (κ1) is 21.9. The zero-order valence-corrected chi connectivity index (χ0v) is 19.4. The molecule has 29 heavy (non-hydrogen) atoms. The average molecular weight is 526 g/mol. The molecule has 1 heterocycles. The lowest BCUT2D eigenvalue weighted by Gasteiger charge is -2.20. The van der Waals surface area contributed by atoms with Gasteiger partial charge in [-0.3, -0.25) is 4.31 Å². The molecule has 0 radical (unpaired) electrons. The molecule has 0 aromatic heterocycles. The summed E-state index contributed by atoms with van der Waals surface area (Å²) in [7, 11) is -3.18. The van der Waals surface area contributed by atoms with Gasteiger partial charge in [0, 0.05) is 12.2 Å². The number of guanidine groups is 1. The topological polar surface area (TPSA) is 87.8 Å². The smallest absolute Gasteiger partial charge is 0.235 e. The van der Waals surface area contributed by atoms with Crippen molar-refractivity contribution in [3.05, 3.63) is 59.2 Å². The van der Waals surface area contributed by atoms with Crippen LogP contribution in [0.4, 0.5) is 11.4 Å². The number of hydrogen-bond acceptors (Lipinski definition) is 3. The maximum atomic E-state index is 12.1. The molecule has 0 unspecified atom stereocenters. The van der Waals surface area contributed by atoms with Crippen LogP contribution in [0.5, 0.6) is 0 Å². The maximum absolute atomic E-state index is 12.1. The van der Waals surface area contributed by atoms with Crippen LogP contribution in [0.3, 0.4) is 0 Å². The van der Waals surface area contributed by atoms with E-state index < -0.39 is 10.0 Å². The minimum Gasteiger partial charge on any atom is -0.370 e. The van der Waals surface area contributed by atoms with Crippen LogP contribution >= 0.6 is 24.0 Å². The van der Waals surface area contributed by atoms with E-state index in [0.717, 1.165) is 24.1 Å². The van der Waals surface area contributed by atoms with Crippen LogP contribution in [0.15, 0.2) is 47.5 Å². The molecule has 1 saturated heterocycles. The molecule has 4 rings (SSSR count). The highest BCUT2D eigenvalue weighted by molar-refractivity contribution is 14.0. The van der Waals surface area contributed by atoms with Crippen molar-refractivity contribution in [1.82, 2.24) is 0 Å². The lowest BCUT2D eigenvalue weighted by molar-refractivity contribution is 0.599. The van der Waals surface area contributed by atoms with Gasteiger partial charge in [-0.1, -0.05) is 24.3 Å². The standard InChI is InChI=1S/C21H26N4O2S.HI/c22-21(24-20-11-4-8-17-7-1-2-10-19(17)20)23-15-16-6-3-9-18(14-16)25-12-5-13-28(25,26)27;/h3-4,6,8-9,11,14H,1-2,5,7,10,12-13,15H2,(H3,22,23,24);1H. The number of fused-ring (bicyclic) bond motifs is 1. The highest BCUT2D eigenvalue weighted by atomic mass is 127. The van der Waals surface area contributed by atoms with Crippen LogP contribution < -0.4 is 15.4 Å². The normalized spacial score (nSPS) is 18.1. The molecule has 0 spiro atoms. The number of hydrogen-bond donors (Lipinski definition) is 2. The minimum atomic E-state index is -3.18. The predicted octanol–water partition coefficient (Wildman–Crippen LogP) is 3.65. The summed E-state index contributed by atoms with van der Waals surface area (Å²) in [6.45, 7) is 0.938. The predicted molar refractivity (Wildman–Crippen MR) is 130 cm³/mol. The lowest BCUT2D eigenvalue weighted by Crippen LogP contribution is -2.25. The Morgan fingerprint density at radius 3 is 2.69 bits per heavy atom. The first-order valence-electron chi connectivity index (χ1n) is 9.80. The molecule has 1 fully saturated rings. The zero-order valence-electron chi connectivity index (χ0n) is 16.3. The van der Waals surface area contributed by atoms with Gasteiger partial charge in [-0.25, -0.2) is 13.4 Å². The fourth-order valence-electron chi connectivity index (χ4n) is 3.99. The third-order valence-electron chi connectivity index (χ3n) is 5.39. The van der Waals surface area contributed by atoms with Gasteiger partial charge in [-0.2, -0.15) is 0 Å². The summed E-state index contributed by atoms with van der Waals surface area (Å²) in [6.07, 6.45) is 5.30. The van der Waals surface area contributed by atoms with Crippen molar-refractivity contribution in [1.29, 1.82) is 0 Å². The molecular formula is C21H27IN4O2S. The van der Waals surface area contributed by atoms with Crippen LogP contribution in [-0.2, 0) is 29.4 Å². The summed E-state index contributed by atoms with van der Waals surface area (Å²) in [4.78, 5) is 4.46. The number of rotatable bonds is 4. The van der Waals surface area contributed by atoms with Gasteiger partial charge in [0.2, 0.25) is 10.0 Å². The monoisotopic (exact) mass is 526 g/mol. The molecule has 2 aromatic carbocycles. The van der Waals surface area contributed by atoms with Gasteiger partial charge in [0.05, 0.1) is 18.0 Å². The Kier molecular flexibility index (Phi) is 7.05. The number of benzene rings is 2. The number of aliphatic imine (C=N–C) groups is 1. The van der Waals surface area contributed by atoms with Crippen molar-refractivity contribution >= 4 is 51.3 Å². The highest BCUT2D eigenvalue weighted by Gasteiger charge is 2.28. The number of anilines is 2. The van der Waals surface area contributed by atoms with E-state index in [-0.39, 0.29) is 29.7 Å². The molecule has 3 N–H and O–H groups in total. The SMILES string of the molecule is I.NC(=NCc1cccc(N2CCCS2(=O)=O)c1)Nc1cccc2c1CCCC2. The van der Waals surface area contributed by atoms with E-state index in [4.69, 9.17) is 5.73 Å². The van der Waals surface area contributed by atoms with Crippen molar-refractivity contribution < 1.29 is 8.42 Å². The molecular weight excluding hydrogens is 499 g/mol. The Balaban J connectivity index is 0.00000240. The first-order valence-corrected chi connectivity index (χ1v) is 11.4. The third kappa shape index (κ3) is 5.03. The molecule has 0 amide bonds. The van der Waals surface area contributed by atoms with Crippen molar-refractivity contribution in [2.75, 3.05) is 21.9 Å². The van der Waals surface area contributed by atoms with E-state index in [1.54, 1.807) is 0 Å². The number of halogens is 1. The van der Waals surface area contributed by atoms with Gasteiger partial charge in [-0.15, -0.1) is 24.0 Å². The van der Waals surface area contributed by atoms with Crippen molar-refractivity contribution in [2.45, 2.75) is 38.6 Å². The lowest BCUT2D eigenvalue weighted by atomic mass is 9.90. The number of sulfonamides is 1. The van der Waals surface area contributed by atoms with Gasteiger partial charge >= 0.3 is 0 Å². The highest BCUT2D eigenvalue weighted by Crippen LogP contribution is 2.28. The van der Waals surface area contributed by atoms with E-state index in [0.29, 0.717) is 31.2 Å². The van der Waals surface area contributed by atoms with Crippen LogP contribution in [0.2, 0.25) is 0 Å². The summed E-state index contributed by atoms with van der Waals surface area (Å²) in [6, 6.07) is 13.8. The molecule has 2 aliphatic rings. The van der Waals surface area contributed by atoms with Gasteiger partial charge in [0.1, 0.15) is 0 Å². The van der Waals surface area contributed by atoms with Crippen LogP contribution in [0.1, 0.15) is 36.0 Å². The second kappa shape index (κ2) is 9.34. The number of nitrogens with one attached hydrogen (secondary N) is 1. The Labute approximate surface area is 189 Å². The van der Waals surface area contributed by atoms with Gasteiger partial charge in [0.25, 0.3) is 0 Å². The fourth-order valence-corrected chi connectivity index (χ4v) is 5.55. The molecule has 0 atom stereocenters. The fraction of sp³-hybridized carbons (Fsp3) is 0.381. The molecule has 0 bridgehead atoms. The second-order valence-electron chi connectivity index (χ2n) is 7.39.